The van der Waals surface area contributed by atoms with Gasteiger partial charge in [-0.1, -0.05) is 13.3 Å². The van der Waals surface area contributed by atoms with Gasteiger partial charge in [-0.3, -0.25) is 4.18 Å². The quantitative estimate of drug-likeness (QED) is 0.514. The third-order valence-corrected chi connectivity index (χ3v) is 4.44. The average molecular weight is 208 g/mol. The molecule has 0 saturated heterocycles. The van der Waals surface area contributed by atoms with Crippen LogP contribution in [0.1, 0.15) is 32.6 Å². The van der Waals surface area contributed by atoms with Gasteiger partial charge in [0.1, 0.15) is 4.75 Å². The maximum absolute atomic E-state index is 11.4. The summed E-state index contributed by atoms with van der Waals surface area (Å²) >= 11 is 0. The molecule has 1 rings (SSSR count). The van der Waals surface area contributed by atoms with Crippen molar-refractivity contribution in [3.05, 3.63) is 0 Å². The lowest BCUT2D eigenvalue weighted by molar-refractivity contribution is 0.255. The van der Waals surface area contributed by atoms with Gasteiger partial charge in [-0.15, -0.1) is 0 Å². The zero-order valence-corrected chi connectivity index (χ0v) is 8.64. The van der Waals surface area contributed by atoms with Gasteiger partial charge in [-0.25, -0.2) is 0 Å². The monoisotopic (exact) mass is 208 g/mol. The second kappa shape index (κ2) is 3.94. The summed E-state index contributed by atoms with van der Waals surface area (Å²) in [4.78, 5) is 0. The number of hydrogen-bond donors (Lipinski definition) is 1. The van der Waals surface area contributed by atoms with Crippen molar-refractivity contribution < 1.29 is 17.7 Å². The molecule has 5 heteroatoms. The summed E-state index contributed by atoms with van der Waals surface area (Å²) in [5.74, 6) is 0. The van der Waals surface area contributed by atoms with E-state index in [4.69, 9.17) is 9.29 Å². The standard InChI is InChI=1S/C8H16O4S/c1-2-3-6-12-13(10,11)8(7-9)4-5-8/h9H,2-7H2,1H3. The predicted molar refractivity (Wildman–Crippen MR) is 48.8 cm³/mol. The smallest absolute Gasteiger partial charge is 0.275 e. The van der Waals surface area contributed by atoms with Gasteiger partial charge in [0, 0.05) is 0 Å². The first-order valence-corrected chi connectivity index (χ1v) is 5.99. The molecule has 1 aliphatic carbocycles. The largest absolute Gasteiger partial charge is 0.395 e. The second-order valence-electron chi connectivity index (χ2n) is 3.47. The minimum Gasteiger partial charge on any atom is -0.395 e. The number of hydrogen-bond acceptors (Lipinski definition) is 4. The van der Waals surface area contributed by atoms with Crippen molar-refractivity contribution in [3.63, 3.8) is 0 Å². The van der Waals surface area contributed by atoms with Crippen LogP contribution in [0, 0.1) is 0 Å². The summed E-state index contributed by atoms with van der Waals surface area (Å²) in [6.45, 7) is 1.89. The fourth-order valence-electron chi connectivity index (χ4n) is 1.06. The third-order valence-electron chi connectivity index (χ3n) is 2.36. The number of rotatable bonds is 6. The first-order chi connectivity index (χ1) is 6.08. The molecule has 0 aliphatic heterocycles. The highest BCUT2D eigenvalue weighted by Gasteiger charge is 2.55. The topological polar surface area (TPSA) is 63.6 Å². The lowest BCUT2D eigenvalue weighted by Crippen LogP contribution is -2.29. The molecular weight excluding hydrogens is 192 g/mol. The fraction of sp³-hybridized carbons (Fsp3) is 1.00. The predicted octanol–water partition coefficient (Wildman–Crippen LogP) is 0.658. The average Bonchev–Trinajstić information content (AvgIpc) is 2.84. The molecule has 4 nitrogen and oxygen atoms in total. The molecule has 0 radical (unpaired) electrons. The molecule has 1 aliphatic rings. The fourth-order valence-corrected chi connectivity index (χ4v) is 2.41. The molecule has 1 N–H and O–H groups in total. The number of aliphatic hydroxyl groups excluding tert-OH is 1. The van der Waals surface area contributed by atoms with Crippen molar-refractivity contribution in [1.29, 1.82) is 0 Å². The van der Waals surface area contributed by atoms with E-state index in [1.807, 2.05) is 6.92 Å². The molecule has 13 heavy (non-hydrogen) atoms. The highest BCUT2D eigenvalue weighted by molar-refractivity contribution is 7.88. The Morgan fingerprint density at radius 2 is 2.08 bits per heavy atom. The van der Waals surface area contributed by atoms with Gasteiger partial charge in [-0.2, -0.15) is 8.42 Å². The molecule has 0 spiro atoms. The first-order valence-electron chi connectivity index (χ1n) is 4.58. The van der Waals surface area contributed by atoms with Crippen LogP contribution in [0.4, 0.5) is 0 Å². The van der Waals surface area contributed by atoms with E-state index in [1.165, 1.54) is 0 Å². The molecule has 0 heterocycles. The molecule has 78 valence electrons. The molecule has 0 aromatic heterocycles. The highest BCUT2D eigenvalue weighted by atomic mass is 32.2. The summed E-state index contributed by atoms with van der Waals surface area (Å²) in [7, 11) is -3.52. The van der Waals surface area contributed by atoms with E-state index in [-0.39, 0.29) is 13.2 Å². The molecule has 1 saturated carbocycles. The Bertz CT molecular complexity index is 253. The van der Waals surface area contributed by atoms with Crippen LogP contribution >= 0.6 is 0 Å². The summed E-state index contributed by atoms with van der Waals surface area (Å²) in [5, 5.41) is 8.89. The van der Waals surface area contributed by atoms with Crippen molar-refractivity contribution in [2.24, 2.45) is 0 Å². The van der Waals surface area contributed by atoms with Crippen LogP contribution in [0.25, 0.3) is 0 Å². The number of unbranched alkanes of at least 4 members (excludes halogenated alkanes) is 1. The van der Waals surface area contributed by atoms with Gasteiger partial charge in [0.25, 0.3) is 10.1 Å². The van der Waals surface area contributed by atoms with E-state index in [1.54, 1.807) is 0 Å². The zero-order chi connectivity index (χ0) is 9.95. The van der Waals surface area contributed by atoms with Crippen molar-refractivity contribution in [2.75, 3.05) is 13.2 Å². The summed E-state index contributed by atoms with van der Waals surface area (Å²) < 4.78 is 26.7. The Hall–Kier alpha value is -0.130. The van der Waals surface area contributed by atoms with Crippen molar-refractivity contribution in [1.82, 2.24) is 0 Å². The first kappa shape index (κ1) is 10.9. The molecular formula is C8H16O4S. The Morgan fingerprint density at radius 1 is 1.46 bits per heavy atom. The number of aliphatic hydroxyl groups is 1. The molecule has 0 unspecified atom stereocenters. The summed E-state index contributed by atoms with van der Waals surface area (Å²) in [5.41, 5.74) is 0. The van der Waals surface area contributed by atoms with Gasteiger partial charge in [0.15, 0.2) is 0 Å². The Kier molecular flexibility index (Phi) is 3.32. The minimum atomic E-state index is -3.52. The lowest BCUT2D eigenvalue weighted by Gasteiger charge is -2.12. The van der Waals surface area contributed by atoms with Crippen LogP contribution in [0.2, 0.25) is 0 Å². The summed E-state index contributed by atoms with van der Waals surface area (Å²) in [6, 6.07) is 0. The van der Waals surface area contributed by atoms with Crippen LogP contribution in [-0.2, 0) is 14.3 Å². The van der Waals surface area contributed by atoms with E-state index in [2.05, 4.69) is 0 Å². The van der Waals surface area contributed by atoms with E-state index < -0.39 is 14.9 Å². The van der Waals surface area contributed by atoms with E-state index >= 15 is 0 Å². The Labute approximate surface area is 79.0 Å². The zero-order valence-electron chi connectivity index (χ0n) is 7.82. The van der Waals surface area contributed by atoms with Crippen LogP contribution in [-0.4, -0.2) is 31.5 Å². The van der Waals surface area contributed by atoms with Gasteiger partial charge in [0.05, 0.1) is 13.2 Å². The van der Waals surface area contributed by atoms with E-state index in [0.717, 1.165) is 12.8 Å². The van der Waals surface area contributed by atoms with Crippen LogP contribution < -0.4 is 0 Å². The van der Waals surface area contributed by atoms with Crippen LogP contribution in [0.15, 0.2) is 0 Å². The van der Waals surface area contributed by atoms with Crippen molar-refractivity contribution >= 4 is 10.1 Å². The normalized spacial score (nSPS) is 20.2. The molecule has 0 amide bonds. The van der Waals surface area contributed by atoms with Crippen LogP contribution in [0.3, 0.4) is 0 Å². The van der Waals surface area contributed by atoms with Gasteiger partial charge >= 0.3 is 0 Å². The van der Waals surface area contributed by atoms with Crippen LogP contribution in [0.5, 0.6) is 0 Å². The van der Waals surface area contributed by atoms with Crippen molar-refractivity contribution in [2.45, 2.75) is 37.4 Å². The SMILES string of the molecule is CCCCOS(=O)(=O)C1(CO)CC1. The molecule has 0 atom stereocenters. The molecule has 1 fully saturated rings. The molecule has 0 aromatic rings. The minimum absolute atomic E-state index is 0.237. The Morgan fingerprint density at radius 3 is 2.46 bits per heavy atom. The molecule has 0 aromatic carbocycles. The maximum Gasteiger partial charge on any atom is 0.275 e. The highest BCUT2D eigenvalue weighted by Crippen LogP contribution is 2.43. The van der Waals surface area contributed by atoms with Crippen molar-refractivity contribution in [3.8, 4) is 0 Å². The molecule has 0 bridgehead atoms. The van der Waals surface area contributed by atoms with Gasteiger partial charge in [0.2, 0.25) is 0 Å². The van der Waals surface area contributed by atoms with E-state index in [0.29, 0.717) is 12.8 Å². The maximum atomic E-state index is 11.4. The van der Waals surface area contributed by atoms with Gasteiger partial charge in [-0.05, 0) is 19.3 Å². The summed E-state index contributed by atoms with van der Waals surface area (Å²) in [6.07, 6.45) is 2.69. The second-order valence-corrected chi connectivity index (χ2v) is 5.48. The van der Waals surface area contributed by atoms with Gasteiger partial charge < -0.3 is 5.11 Å². The Balaban J connectivity index is 2.47. The third kappa shape index (κ3) is 2.21. The van der Waals surface area contributed by atoms with E-state index in [9.17, 15) is 8.42 Å². The lowest BCUT2D eigenvalue weighted by atomic mass is 10.4.